The van der Waals surface area contributed by atoms with E-state index in [1.807, 2.05) is 0 Å². The standard InChI is InChI=1S/C12H26N2O2/c1-5-11-7-16-10(2)6-14(11)12(3,8-13)9-15-4/h10-11H,5-9,13H2,1-4H3. The molecule has 0 aliphatic carbocycles. The summed E-state index contributed by atoms with van der Waals surface area (Å²) >= 11 is 0. The highest BCUT2D eigenvalue weighted by molar-refractivity contribution is 4.93. The second-order valence-electron chi connectivity index (χ2n) is 4.99. The molecule has 0 aromatic heterocycles. The number of hydrogen-bond acceptors (Lipinski definition) is 4. The summed E-state index contributed by atoms with van der Waals surface area (Å²) in [6.07, 6.45) is 1.37. The maximum Gasteiger partial charge on any atom is 0.0675 e. The van der Waals surface area contributed by atoms with Crippen LogP contribution in [0.3, 0.4) is 0 Å². The first-order valence-corrected chi connectivity index (χ1v) is 6.14. The molecule has 0 saturated carbocycles. The van der Waals surface area contributed by atoms with Crippen LogP contribution in [-0.4, -0.2) is 56.0 Å². The zero-order valence-electron chi connectivity index (χ0n) is 11.0. The minimum atomic E-state index is -0.0759. The molecule has 0 radical (unpaired) electrons. The Morgan fingerprint density at radius 3 is 2.75 bits per heavy atom. The molecule has 3 unspecified atom stereocenters. The smallest absolute Gasteiger partial charge is 0.0675 e. The summed E-state index contributed by atoms with van der Waals surface area (Å²) in [6, 6.07) is 0.458. The van der Waals surface area contributed by atoms with Gasteiger partial charge in [-0.2, -0.15) is 0 Å². The number of methoxy groups -OCH3 is 1. The lowest BCUT2D eigenvalue weighted by molar-refractivity contribution is -0.109. The molecule has 1 saturated heterocycles. The number of rotatable bonds is 5. The second kappa shape index (κ2) is 5.96. The molecule has 1 aliphatic heterocycles. The molecule has 0 bridgehead atoms. The number of hydrogen-bond donors (Lipinski definition) is 1. The summed E-state index contributed by atoms with van der Waals surface area (Å²) < 4.78 is 11.0. The Kier molecular flexibility index (Phi) is 5.18. The molecule has 4 heteroatoms. The van der Waals surface area contributed by atoms with E-state index in [0.717, 1.165) is 19.6 Å². The van der Waals surface area contributed by atoms with Crippen molar-refractivity contribution >= 4 is 0 Å². The lowest BCUT2D eigenvalue weighted by Gasteiger charge is -2.48. The molecular formula is C12H26N2O2. The van der Waals surface area contributed by atoms with E-state index in [1.54, 1.807) is 7.11 Å². The fraction of sp³-hybridized carbons (Fsp3) is 1.00. The maximum atomic E-state index is 5.92. The van der Waals surface area contributed by atoms with Crippen molar-refractivity contribution in [3.8, 4) is 0 Å². The van der Waals surface area contributed by atoms with Crippen molar-refractivity contribution < 1.29 is 9.47 Å². The summed E-state index contributed by atoms with van der Waals surface area (Å²) in [5, 5.41) is 0. The molecule has 0 aromatic rings. The van der Waals surface area contributed by atoms with Gasteiger partial charge in [-0.25, -0.2) is 0 Å². The average molecular weight is 230 g/mol. The Labute approximate surface area is 99.1 Å². The number of nitrogens with zero attached hydrogens (tertiary/aromatic N) is 1. The fourth-order valence-electron chi connectivity index (χ4n) is 2.41. The molecule has 1 heterocycles. The number of morpholine rings is 1. The van der Waals surface area contributed by atoms with Crippen LogP contribution in [0.2, 0.25) is 0 Å². The molecule has 3 atom stereocenters. The van der Waals surface area contributed by atoms with E-state index in [4.69, 9.17) is 15.2 Å². The van der Waals surface area contributed by atoms with Crippen LogP contribution < -0.4 is 5.73 Å². The van der Waals surface area contributed by atoms with Gasteiger partial charge in [0.05, 0.1) is 24.9 Å². The average Bonchev–Trinajstić information content (AvgIpc) is 2.29. The molecule has 4 nitrogen and oxygen atoms in total. The first-order chi connectivity index (χ1) is 7.57. The van der Waals surface area contributed by atoms with Crippen LogP contribution in [0.4, 0.5) is 0 Å². The lowest BCUT2D eigenvalue weighted by atomic mass is 9.96. The van der Waals surface area contributed by atoms with E-state index in [-0.39, 0.29) is 11.6 Å². The predicted octanol–water partition coefficient (Wildman–Crippen LogP) is 0.850. The van der Waals surface area contributed by atoms with E-state index in [0.29, 0.717) is 19.2 Å². The molecular weight excluding hydrogens is 204 g/mol. The van der Waals surface area contributed by atoms with E-state index in [2.05, 4.69) is 25.7 Å². The van der Waals surface area contributed by atoms with Crippen molar-refractivity contribution in [3.63, 3.8) is 0 Å². The van der Waals surface area contributed by atoms with Gasteiger partial charge in [-0.05, 0) is 20.3 Å². The summed E-state index contributed by atoms with van der Waals surface area (Å²) in [5.74, 6) is 0. The third-order valence-corrected chi connectivity index (χ3v) is 3.53. The van der Waals surface area contributed by atoms with Crippen LogP contribution in [0.1, 0.15) is 27.2 Å². The molecule has 16 heavy (non-hydrogen) atoms. The molecule has 0 spiro atoms. The fourth-order valence-corrected chi connectivity index (χ4v) is 2.41. The molecule has 1 rings (SSSR count). The Balaban J connectivity index is 2.78. The Morgan fingerprint density at radius 1 is 1.56 bits per heavy atom. The van der Waals surface area contributed by atoms with Gasteiger partial charge in [0.15, 0.2) is 0 Å². The minimum Gasteiger partial charge on any atom is -0.383 e. The predicted molar refractivity (Wildman–Crippen MR) is 65.5 cm³/mol. The van der Waals surface area contributed by atoms with Gasteiger partial charge in [-0.15, -0.1) is 0 Å². The van der Waals surface area contributed by atoms with E-state index < -0.39 is 0 Å². The maximum absolute atomic E-state index is 5.92. The second-order valence-corrected chi connectivity index (χ2v) is 4.99. The molecule has 0 aromatic carbocycles. The van der Waals surface area contributed by atoms with Crippen molar-refractivity contribution in [2.75, 3.05) is 33.4 Å². The third-order valence-electron chi connectivity index (χ3n) is 3.53. The summed E-state index contributed by atoms with van der Waals surface area (Å²) in [5.41, 5.74) is 5.85. The quantitative estimate of drug-likeness (QED) is 0.760. The zero-order valence-corrected chi connectivity index (χ0v) is 11.0. The Hall–Kier alpha value is -0.160. The van der Waals surface area contributed by atoms with Crippen molar-refractivity contribution in [1.82, 2.24) is 4.90 Å². The van der Waals surface area contributed by atoms with Crippen molar-refractivity contribution in [2.45, 2.75) is 44.9 Å². The van der Waals surface area contributed by atoms with Crippen LogP contribution >= 0.6 is 0 Å². The normalized spacial score (nSPS) is 31.3. The van der Waals surface area contributed by atoms with Gasteiger partial charge in [0.25, 0.3) is 0 Å². The summed E-state index contributed by atoms with van der Waals surface area (Å²) in [6.45, 7) is 9.52. The summed E-state index contributed by atoms with van der Waals surface area (Å²) in [7, 11) is 1.73. The third kappa shape index (κ3) is 2.94. The van der Waals surface area contributed by atoms with E-state index >= 15 is 0 Å². The van der Waals surface area contributed by atoms with Crippen LogP contribution in [-0.2, 0) is 9.47 Å². The molecule has 96 valence electrons. The van der Waals surface area contributed by atoms with Gasteiger partial charge < -0.3 is 15.2 Å². The van der Waals surface area contributed by atoms with Crippen molar-refractivity contribution in [1.29, 1.82) is 0 Å². The van der Waals surface area contributed by atoms with Gasteiger partial charge in [0.2, 0.25) is 0 Å². The highest BCUT2D eigenvalue weighted by Gasteiger charge is 2.38. The van der Waals surface area contributed by atoms with Crippen molar-refractivity contribution in [2.24, 2.45) is 5.73 Å². The van der Waals surface area contributed by atoms with Gasteiger partial charge in [0.1, 0.15) is 0 Å². The monoisotopic (exact) mass is 230 g/mol. The number of ether oxygens (including phenoxy) is 2. The largest absolute Gasteiger partial charge is 0.383 e. The SMILES string of the molecule is CCC1COC(C)CN1C(C)(CN)COC. The van der Waals surface area contributed by atoms with Crippen LogP contribution in [0.15, 0.2) is 0 Å². The first kappa shape index (κ1) is 13.9. The van der Waals surface area contributed by atoms with Gasteiger partial charge in [-0.1, -0.05) is 6.92 Å². The molecule has 1 aliphatic rings. The minimum absolute atomic E-state index is 0.0759. The van der Waals surface area contributed by atoms with Crippen LogP contribution in [0.25, 0.3) is 0 Å². The molecule has 2 N–H and O–H groups in total. The van der Waals surface area contributed by atoms with Gasteiger partial charge in [-0.3, -0.25) is 4.90 Å². The van der Waals surface area contributed by atoms with E-state index in [9.17, 15) is 0 Å². The Bertz CT molecular complexity index is 213. The van der Waals surface area contributed by atoms with Gasteiger partial charge >= 0.3 is 0 Å². The highest BCUT2D eigenvalue weighted by atomic mass is 16.5. The highest BCUT2D eigenvalue weighted by Crippen LogP contribution is 2.24. The first-order valence-electron chi connectivity index (χ1n) is 6.14. The van der Waals surface area contributed by atoms with Crippen LogP contribution in [0, 0.1) is 0 Å². The van der Waals surface area contributed by atoms with Gasteiger partial charge in [0, 0.05) is 26.2 Å². The van der Waals surface area contributed by atoms with E-state index in [1.165, 1.54) is 0 Å². The molecule has 0 amide bonds. The molecule has 1 fully saturated rings. The zero-order chi connectivity index (χ0) is 12.2. The van der Waals surface area contributed by atoms with Crippen LogP contribution in [0.5, 0.6) is 0 Å². The lowest BCUT2D eigenvalue weighted by Crippen LogP contribution is -2.63. The topological polar surface area (TPSA) is 47.7 Å². The Morgan fingerprint density at radius 2 is 2.25 bits per heavy atom. The number of nitrogens with two attached hydrogens (primary N) is 1. The summed E-state index contributed by atoms with van der Waals surface area (Å²) in [4.78, 5) is 2.46. The van der Waals surface area contributed by atoms with Crippen molar-refractivity contribution in [3.05, 3.63) is 0 Å².